The molecule has 1 aromatic rings. The summed E-state index contributed by atoms with van der Waals surface area (Å²) in [6, 6.07) is -0.495. The minimum absolute atomic E-state index is 0.0381. The number of aromatic nitrogens is 3. The molecule has 30 heavy (non-hydrogen) atoms. The highest BCUT2D eigenvalue weighted by molar-refractivity contribution is 5.74. The number of rotatable bonds is 4. The second kappa shape index (κ2) is 7.54. The highest BCUT2D eigenvalue weighted by Gasteiger charge is 2.55. The van der Waals surface area contributed by atoms with Crippen molar-refractivity contribution in [3.05, 3.63) is 11.9 Å². The van der Waals surface area contributed by atoms with Crippen molar-refractivity contribution in [3.63, 3.8) is 0 Å². The van der Waals surface area contributed by atoms with E-state index < -0.39 is 17.2 Å². The van der Waals surface area contributed by atoms with Crippen LogP contribution in [0.1, 0.15) is 85.9 Å². The van der Waals surface area contributed by atoms with Crippen molar-refractivity contribution in [1.82, 2.24) is 19.9 Å². The molecule has 3 rings (SSSR count). The lowest BCUT2D eigenvalue weighted by molar-refractivity contribution is -0.161. The maximum Gasteiger partial charge on any atom is 0.410 e. The largest absolute Gasteiger partial charge is 0.458 e. The number of carbonyl (C=O) groups is 2. The first-order valence-corrected chi connectivity index (χ1v) is 10.8. The normalized spacial score (nSPS) is 20.0. The zero-order valence-electron chi connectivity index (χ0n) is 19.6. The van der Waals surface area contributed by atoms with Gasteiger partial charge in [-0.3, -0.25) is 0 Å². The molecule has 1 amide bonds. The summed E-state index contributed by atoms with van der Waals surface area (Å²) < 4.78 is 12.7. The van der Waals surface area contributed by atoms with Gasteiger partial charge in [0.25, 0.3) is 0 Å². The summed E-state index contributed by atoms with van der Waals surface area (Å²) in [5.74, 6) is 0.0631. The van der Waals surface area contributed by atoms with Gasteiger partial charge in [0.15, 0.2) is 6.04 Å². The number of nitrogens with zero attached hydrogens (tertiary/aromatic N) is 4. The number of hydrogen-bond acceptors (Lipinski definition) is 6. The number of carbonyl (C=O) groups excluding carboxylic acids is 2. The van der Waals surface area contributed by atoms with Gasteiger partial charge in [-0.15, -0.1) is 5.10 Å². The highest BCUT2D eigenvalue weighted by Crippen LogP contribution is 2.55. The first kappa shape index (κ1) is 22.6. The minimum atomic E-state index is -0.543. The minimum Gasteiger partial charge on any atom is -0.458 e. The Bertz CT molecular complexity index is 789. The predicted octanol–water partition coefficient (Wildman–Crippen LogP) is 3.93. The van der Waals surface area contributed by atoms with Crippen LogP contribution in [0.5, 0.6) is 0 Å². The molecule has 0 unspecified atom stereocenters. The Morgan fingerprint density at radius 3 is 2.13 bits per heavy atom. The standard InChI is InChI=1S/C22H36N4O4/c1-14(2)17(18(27)29-20(3,4)5)26-11-16(23-24-26)15-9-22(10-15)12-25(13-22)19(28)30-21(6,7)8/h11,14-15,17H,9-10,12-13H2,1-8H3/t17-/m0/s1. The van der Waals surface area contributed by atoms with E-state index in [9.17, 15) is 9.59 Å². The molecule has 1 spiro atoms. The Balaban J connectivity index is 1.57. The van der Waals surface area contributed by atoms with Crippen LogP contribution in [-0.2, 0) is 14.3 Å². The van der Waals surface area contributed by atoms with Crippen molar-refractivity contribution in [1.29, 1.82) is 0 Å². The van der Waals surface area contributed by atoms with Crippen LogP contribution < -0.4 is 0 Å². The van der Waals surface area contributed by atoms with E-state index in [2.05, 4.69) is 10.3 Å². The molecule has 0 aromatic carbocycles. The monoisotopic (exact) mass is 420 g/mol. The predicted molar refractivity (Wildman–Crippen MR) is 112 cm³/mol. The Labute approximate surface area is 179 Å². The van der Waals surface area contributed by atoms with Crippen LogP contribution in [0.3, 0.4) is 0 Å². The van der Waals surface area contributed by atoms with E-state index in [-0.39, 0.29) is 23.4 Å². The van der Waals surface area contributed by atoms with Gasteiger partial charge in [0.2, 0.25) is 0 Å². The van der Waals surface area contributed by atoms with Gasteiger partial charge in [-0.25, -0.2) is 14.3 Å². The molecule has 1 aromatic heterocycles. The molecule has 1 saturated carbocycles. The lowest BCUT2D eigenvalue weighted by atomic mass is 9.57. The highest BCUT2D eigenvalue weighted by atomic mass is 16.6. The fraction of sp³-hybridized carbons (Fsp3) is 0.818. The van der Waals surface area contributed by atoms with Gasteiger partial charge in [0, 0.05) is 30.6 Å². The van der Waals surface area contributed by atoms with E-state index in [0.717, 1.165) is 31.6 Å². The second-order valence-electron chi connectivity index (χ2n) is 11.3. The van der Waals surface area contributed by atoms with E-state index in [0.29, 0.717) is 5.92 Å². The Kier molecular flexibility index (Phi) is 5.67. The number of amides is 1. The van der Waals surface area contributed by atoms with Crippen LogP contribution >= 0.6 is 0 Å². The average molecular weight is 421 g/mol. The SMILES string of the molecule is CC(C)[C@@H](C(=O)OC(C)(C)C)n1cc(C2CC3(C2)CN(C(=O)OC(C)(C)C)C3)nn1. The fourth-order valence-corrected chi connectivity index (χ4v) is 4.33. The fourth-order valence-electron chi connectivity index (χ4n) is 4.33. The molecular weight excluding hydrogens is 384 g/mol. The maximum absolute atomic E-state index is 12.7. The van der Waals surface area contributed by atoms with Gasteiger partial charge < -0.3 is 14.4 Å². The lowest BCUT2D eigenvalue weighted by Crippen LogP contribution is -2.63. The third-order valence-corrected chi connectivity index (χ3v) is 5.57. The van der Waals surface area contributed by atoms with E-state index in [4.69, 9.17) is 9.47 Å². The summed E-state index contributed by atoms with van der Waals surface area (Å²) in [7, 11) is 0. The molecule has 1 atom stereocenters. The summed E-state index contributed by atoms with van der Waals surface area (Å²) in [4.78, 5) is 26.6. The molecule has 0 radical (unpaired) electrons. The van der Waals surface area contributed by atoms with Crippen LogP contribution in [0.15, 0.2) is 6.20 Å². The van der Waals surface area contributed by atoms with Gasteiger partial charge in [-0.1, -0.05) is 19.1 Å². The first-order chi connectivity index (χ1) is 13.7. The van der Waals surface area contributed by atoms with Crippen LogP contribution in [0, 0.1) is 11.3 Å². The Morgan fingerprint density at radius 1 is 1.07 bits per heavy atom. The summed E-state index contributed by atoms with van der Waals surface area (Å²) in [5.41, 5.74) is 0.0684. The average Bonchev–Trinajstić information content (AvgIpc) is 2.88. The molecular formula is C22H36N4O4. The second-order valence-corrected chi connectivity index (χ2v) is 11.3. The quantitative estimate of drug-likeness (QED) is 0.686. The molecule has 1 aliphatic heterocycles. The molecule has 8 nitrogen and oxygen atoms in total. The molecule has 1 saturated heterocycles. The zero-order chi connectivity index (χ0) is 22.5. The van der Waals surface area contributed by atoms with Crippen molar-refractivity contribution in [2.24, 2.45) is 11.3 Å². The van der Waals surface area contributed by atoms with Crippen LogP contribution in [0.25, 0.3) is 0 Å². The molecule has 2 fully saturated rings. The van der Waals surface area contributed by atoms with Gasteiger partial charge in [-0.2, -0.15) is 0 Å². The number of ether oxygens (including phenoxy) is 2. The van der Waals surface area contributed by atoms with E-state index in [1.54, 1.807) is 9.58 Å². The smallest absolute Gasteiger partial charge is 0.410 e. The molecule has 8 heteroatoms. The van der Waals surface area contributed by atoms with Crippen LogP contribution in [-0.4, -0.2) is 56.2 Å². The van der Waals surface area contributed by atoms with Crippen molar-refractivity contribution >= 4 is 12.1 Å². The molecule has 2 aliphatic rings. The van der Waals surface area contributed by atoms with E-state index in [1.165, 1.54) is 0 Å². The lowest BCUT2D eigenvalue weighted by Gasteiger charge is -2.58. The zero-order valence-corrected chi connectivity index (χ0v) is 19.6. The van der Waals surface area contributed by atoms with E-state index in [1.807, 2.05) is 61.6 Å². The third kappa shape index (κ3) is 4.95. The summed E-state index contributed by atoms with van der Waals surface area (Å²) in [5, 5.41) is 8.60. The number of likely N-dealkylation sites (tertiary alicyclic amines) is 1. The Hall–Kier alpha value is -2.12. The molecule has 2 heterocycles. The summed E-state index contributed by atoms with van der Waals surface area (Å²) >= 11 is 0. The van der Waals surface area contributed by atoms with Gasteiger partial charge in [0.05, 0.1) is 5.69 Å². The topological polar surface area (TPSA) is 86.5 Å². The molecule has 168 valence electrons. The van der Waals surface area contributed by atoms with Gasteiger partial charge in [-0.05, 0) is 60.3 Å². The van der Waals surface area contributed by atoms with Crippen molar-refractivity contribution in [3.8, 4) is 0 Å². The van der Waals surface area contributed by atoms with Crippen molar-refractivity contribution < 1.29 is 19.1 Å². The Morgan fingerprint density at radius 2 is 1.63 bits per heavy atom. The van der Waals surface area contributed by atoms with Crippen molar-refractivity contribution in [2.75, 3.05) is 13.1 Å². The van der Waals surface area contributed by atoms with Gasteiger partial charge >= 0.3 is 12.1 Å². The van der Waals surface area contributed by atoms with Gasteiger partial charge in [0.1, 0.15) is 11.2 Å². The number of esters is 1. The van der Waals surface area contributed by atoms with Crippen LogP contribution in [0.4, 0.5) is 4.79 Å². The third-order valence-electron chi connectivity index (χ3n) is 5.57. The van der Waals surface area contributed by atoms with Crippen molar-refractivity contribution in [2.45, 2.75) is 91.4 Å². The molecule has 1 aliphatic carbocycles. The van der Waals surface area contributed by atoms with Crippen LogP contribution in [0.2, 0.25) is 0 Å². The number of hydrogen-bond donors (Lipinski definition) is 0. The summed E-state index contributed by atoms with van der Waals surface area (Å²) in [6.45, 7) is 16.7. The molecule has 0 N–H and O–H groups in total. The molecule has 0 bridgehead atoms. The van der Waals surface area contributed by atoms with E-state index >= 15 is 0 Å². The first-order valence-electron chi connectivity index (χ1n) is 10.8. The maximum atomic E-state index is 12.7. The summed E-state index contributed by atoms with van der Waals surface area (Å²) in [6.07, 6.45) is 3.60.